The summed E-state index contributed by atoms with van der Waals surface area (Å²) < 4.78 is 22.0. The molecule has 8 heteroatoms. The molecule has 0 saturated carbocycles. The van der Waals surface area contributed by atoms with Crippen LogP contribution in [0.3, 0.4) is 0 Å². The topological polar surface area (TPSA) is 115 Å². The molecule has 2 heterocycles. The average molecular weight is 370 g/mol. The van der Waals surface area contributed by atoms with Crippen molar-refractivity contribution < 1.29 is 18.9 Å². The molecular formula is C19H22N4O4. The Hall–Kier alpha value is -3.34. The largest absolute Gasteiger partial charge is 0.496 e. The number of nitrogens with one attached hydrogen (secondary N) is 1. The fourth-order valence-corrected chi connectivity index (χ4v) is 3.34. The van der Waals surface area contributed by atoms with Crippen molar-refractivity contribution >= 4 is 0 Å². The van der Waals surface area contributed by atoms with Gasteiger partial charge in [0.25, 0.3) is 0 Å². The highest BCUT2D eigenvalue weighted by molar-refractivity contribution is 5.61. The number of nitrogens with two attached hydrogens (primary N) is 1. The van der Waals surface area contributed by atoms with Gasteiger partial charge in [-0.15, -0.1) is 5.10 Å². The van der Waals surface area contributed by atoms with E-state index in [1.54, 1.807) is 33.5 Å². The molecule has 1 aliphatic heterocycles. The second-order valence-electron chi connectivity index (χ2n) is 6.04. The third-order valence-corrected chi connectivity index (χ3v) is 4.56. The smallest absolute Gasteiger partial charge is 0.244 e. The number of aromatic nitrogens is 2. The fraction of sp³-hybridized carbons (Fsp3) is 0.368. The average Bonchev–Trinajstić information content (AvgIpc) is 3.08. The van der Waals surface area contributed by atoms with Crippen LogP contribution in [0.1, 0.15) is 36.1 Å². The van der Waals surface area contributed by atoms with E-state index in [2.05, 4.69) is 23.2 Å². The number of fused-ring (bicyclic) bond motifs is 1. The maximum Gasteiger partial charge on any atom is 0.244 e. The Balaban J connectivity index is 2.29. The van der Waals surface area contributed by atoms with Crippen LogP contribution in [-0.4, -0.2) is 31.5 Å². The van der Waals surface area contributed by atoms with E-state index in [0.29, 0.717) is 28.7 Å². The number of rotatable bonds is 6. The van der Waals surface area contributed by atoms with Crippen molar-refractivity contribution in [2.24, 2.45) is 5.73 Å². The SMILES string of the molecule is CCCc1[nH]nc2c1C(c1cc(OC)c(OC)cc1OC)C(C#N)=C(N)O2. The van der Waals surface area contributed by atoms with Gasteiger partial charge in [-0.05, 0) is 12.5 Å². The zero-order chi connectivity index (χ0) is 19.6. The molecule has 3 N–H and O–H groups in total. The summed E-state index contributed by atoms with van der Waals surface area (Å²) in [5, 5.41) is 17.0. The maximum absolute atomic E-state index is 9.77. The van der Waals surface area contributed by atoms with Crippen molar-refractivity contribution in [3.63, 3.8) is 0 Å². The number of methoxy groups -OCH3 is 3. The molecule has 3 rings (SSSR count). The zero-order valence-electron chi connectivity index (χ0n) is 15.8. The summed E-state index contributed by atoms with van der Waals surface area (Å²) in [6.07, 6.45) is 1.67. The van der Waals surface area contributed by atoms with Gasteiger partial charge in [-0.1, -0.05) is 13.3 Å². The van der Waals surface area contributed by atoms with Crippen LogP contribution in [0.4, 0.5) is 0 Å². The number of benzene rings is 1. The van der Waals surface area contributed by atoms with Gasteiger partial charge < -0.3 is 24.7 Å². The molecule has 0 bridgehead atoms. The van der Waals surface area contributed by atoms with Crippen LogP contribution in [0.5, 0.6) is 23.1 Å². The lowest BCUT2D eigenvalue weighted by Gasteiger charge is -2.26. The number of aryl methyl sites for hydroxylation is 1. The Kier molecular flexibility index (Phi) is 5.12. The van der Waals surface area contributed by atoms with Crippen LogP contribution in [0.25, 0.3) is 0 Å². The minimum absolute atomic E-state index is 0.0291. The number of allylic oxidation sites excluding steroid dienone is 1. The van der Waals surface area contributed by atoms with Gasteiger partial charge in [0.2, 0.25) is 11.8 Å². The van der Waals surface area contributed by atoms with Gasteiger partial charge in [-0.2, -0.15) is 5.26 Å². The molecule has 1 aromatic carbocycles. The van der Waals surface area contributed by atoms with Gasteiger partial charge in [0.15, 0.2) is 11.5 Å². The molecule has 1 aliphatic rings. The summed E-state index contributed by atoms with van der Waals surface area (Å²) in [6.45, 7) is 2.07. The van der Waals surface area contributed by atoms with E-state index in [1.807, 2.05) is 0 Å². The van der Waals surface area contributed by atoms with Gasteiger partial charge in [0.1, 0.15) is 17.4 Å². The molecule has 2 aromatic rings. The number of nitriles is 1. The van der Waals surface area contributed by atoms with Crippen LogP contribution in [-0.2, 0) is 6.42 Å². The lowest BCUT2D eigenvalue weighted by molar-refractivity contribution is 0.346. The highest BCUT2D eigenvalue weighted by Gasteiger charge is 2.37. The first-order chi connectivity index (χ1) is 13.1. The summed E-state index contributed by atoms with van der Waals surface area (Å²) in [5.74, 6) is 1.52. The molecule has 27 heavy (non-hydrogen) atoms. The summed E-state index contributed by atoms with van der Waals surface area (Å²) in [6, 6.07) is 5.71. The van der Waals surface area contributed by atoms with Crippen molar-refractivity contribution in [2.75, 3.05) is 21.3 Å². The number of hydrogen-bond acceptors (Lipinski definition) is 7. The third kappa shape index (κ3) is 3.01. The van der Waals surface area contributed by atoms with Gasteiger partial charge in [0, 0.05) is 17.3 Å². The first kappa shape index (κ1) is 18.5. The second-order valence-corrected chi connectivity index (χ2v) is 6.04. The maximum atomic E-state index is 9.77. The van der Waals surface area contributed by atoms with Crippen LogP contribution >= 0.6 is 0 Å². The predicted molar refractivity (Wildman–Crippen MR) is 98.0 cm³/mol. The highest BCUT2D eigenvalue weighted by atomic mass is 16.5. The summed E-state index contributed by atoms with van der Waals surface area (Å²) >= 11 is 0. The van der Waals surface area contributed by atoms with Gasteiger partial charge >= 0.3 is 0 Å². The first-order valence-corrected chi connectivity index (χ1v) is 8.54. The van der Waals surface area contributed by atoms with Gasteiger partial charge in [-0.25, -0.2) is 0 Å². The number of nitrogens with zero attached hydrogens (tertiary/aromatic N) is 2. The lowest BCUT2D eigenvalue weighted by atomic mass is 9.82. The van der Waals surface area contributed by atoms with E-state index in [4.69, 9.17) is 24.7 Å². The van der Waals surface area contributed by atoms with E-state index in [0.717, 1.165) is 29.7 Å². The minimum atomic E-state index is -0.492. The number of hydrogen-bond donors (Lipinski definition) is 2. The third-order valence-electron chi connectivity index (χ3n) is 4.56. The minimum Gasteiger partial charge on any atom is -0.496 e. The molecule has 8 nitrogen and oxygen atoms in total. The number of H-pyrrole nitrogens is 1. The molecular weight excluding hydrogens is 348 g/mol. The summed E-state index contributed by atoms with van der Waals surface area (Å²) in [5.41, 5.74) is 8.72. The first-order valence-electron chi connectivity index (χ1n) is 8.54. The van der Waals surface area contributed by atoms with Crippen LogP contribution < -0.4 is 24.7 Å². The zero-order valence-corrected chi connectivity index (χ0v) is 15.8. The number of ether oxygens (including phenoxy) is 4. The lowest BCUT2D eigenvalue weighted by Crippen LogP contribution is -2.21. The molecule has 0 saturated heterocycles. The van der Waals surface area contributed by atoms with Crippen molar-refractivity contribution in [3.8, 4) is 29.2 Å². The van der Waals surface area contributed by atoms with Gasteiger partial charge in [-0.3, -0.25) is 5.10 Å². The van der Waals surface area contributed by atoms with Crippen LogP contribution in [0.15, 0.2) is 23.6 Å². The Labute approximate surface area is 157 Å². The van der Waals surface area contributed by atoms with Crippen LogP contribution in [0, 0.1) is 11.3 Å². The van der Waals surface area contributed by atoms with E-state index in [1.165, 1.54) is 0 Å². The standard InChI is InChI=1S/C19H22N4O4/c1-5-6-12-17-16(11(9-20)18(21)27-19(17)23-22-12)10-7-14(25-3)15(26-4)8-13(10)24-2/h7-8,16H,5-6,21H2,1-4H3,(H,22,23). The molecule has 1 unspecified atom stereocenters. The molecule has 1 atom stereocenters. The molecule has 0 amide bonds. The number of aromatic amines is 1. The highest BCUT2D eigenvalue weighted by Crippen LogP contribution is 2.48. The quantitative estimate of drug-likeness (QED) is 0.803. The summed E-state index contributed by atoms with van der Waals surface area (Å²) in [4.78, 5) is 0. The Morgan fingerprint density at radius 2 is 1.85 bits per heavy atom. The van der Waals surface area contributed by atoms with Crippen LogP contribution in [0.2, 0.25) is 0 Å². The summed E-state index contributed by atoms with van der Waals surface area (Å²) in [7, 11) is 4.67. The Morgan fingerprint density at radius 1 is 1.19 bits per heavy atom. The van der Waals surface area contributed by atoms with Crippen molar-refractivity contribution in [1.29, 1.82) is 5.26 Å². The fourth-order valence-electron chi connectivity index (χ4n) is 3.34. The monoisotopic (exact) mass is 370 g/mol. The molecule has 0 radical (unpaired) electrons. The molecule has 0 spiro atoms. The molecule has 1 aromatic heterocycles. The van der Waals surface area contributed by atoms with E-state index < -0.39 is 5.92 Å². The molecule has 0 aliphatic carbocycles. The normalized spacial score (nSPS) is 15.6. The van der Waals surface area contributed by atoms with Crippen molar-refractivity contribution in [3.05, 3.63) is 40.4 Å². The molecule has 142 valence electrons. The predicted octanol–water partition coefficient (Wildman–Crippen LogP) is 2.61. The van der Waals surface area contributed by atoms with Gasteiger partial charge in [0.05, 0.1) is 32.8 Å². The van der Waals surface area contributed by atoms with E-state index >= 15 is 0 Å². The van der Waals surface area contributed by atoms with E-state index in [-0.39, 0.29) is 5.88 Å². The van der Waals surface area contributed by atoms with Crippen molar-refractivity contribution in [1.82, 2.24) is 10.2 Å². The van der Waals surface area contributed by atoms with E-state index in [9.17, 15) is 5.26 Å². The Morgan fingerprint density at radius 3 is 2.44 bits per heavy atom. The molecule has 0 fully saturated rings. The Bertz CT molecular complexity index is 927. The van der Waals surface area contributed by atoms with Crippen molar-refractivity contribution in [2.45, 2.75) is 25.7 Å². The second kappa shape index (κ2) is 7.50.